The molecule has 1 rings (SSSR count). The van der Waals surface area contributed by atoms with Crippen LogP contribution in [0.2, 0.25) is 0 Å². The Hall–Kier alpha value is 0.180. The van der Waals surface area contributed by atoms with Crippen molar-refractivity contribution >= 4 is 34.8 Å². The maximum Gasteiger partial charge on any atom is 0.145 e. The van der Waals surface area contributed by atoms with Crippen LogP contribution in [0.25, 0.3) is 0 Å². The third-order valence-electron chi connectivity index (χ3n) is 1.33. The first-order valence-corrected chi connectivity index (χ1v) is 6.98. The largest absolute Gasteiger partial charge is 0.342 e. The molecule has 1 nitrogen and oxygen atoms in total. The van der Waals surface area contributed by atoms with E-state index in [1.807, 2.05) is 30.3 Å². The fourth-order valence-electron chi connectivity index (χ4n) is 0.722. The van der Waals surface area contributed by atoms with Gasteiger partial charge in [0.1, 0.15) is 5.47 Å². The van der Waals surface area contributed by atoms with Crippen LogP contribution in [0.15, 0.2) is 30.3 Å². The van der Waals surface area contributed by atoms with Crippen LogP contribution in [0.4, 0.5) is 0 Å². The van der Waals surface area contributed by atoms with Crippen LogP contribution >= 0.6 is 17.7 Å². The molecule has 0 heterocycles. The van der Waals surface area contributed by atoms with Crippen molar-refractivity contribution in [1.82, 2.24) is 0 Å². The summed E-state index contributed by atoms with van der Waals surface area (Å²) in [6.07, 6.45) is 0. The van der Waals surface area contributed by atoms with Gasteiger partial charge in [0.25, 0.3) is 0 Å². The lowest BCUT2D eigenvalue weighted by atomic mass is 10.4. The molecule has 0 fully saturated rings. The Labute approximate surface area is 77.0 Å². The Bertz CT molecular complexity index is 273. The lowest BCUT2D eigenvalue weighted by molar-refractivity contribution is 0.477. The van der Waals surface area contributed by atoms with Crippen LogP contribution in [0.3, 0.4) is 0 Å². The van der Waals surface area contributed by atoms with Crippen molar-refractivity contribution in [2.45, 2.75) is 0 Å². The Kier molecular flexibility index (Phi) is 3.14. The third kappa shape index (κ3) is 2.31. The molecule has 60 valence electrons. The van der Waals surface area contributed by atoms with Crippen molar-refractivity contribution in [2.75, 3.05) is 7.11 Å². The fourth-order valence-corrected chi connectivity index (χ4v) is 2.25. The van der Waals surface area contributed by atoms with Crippen LogP contribution in [-0.2, 0) is 16.3 Å². The summed E-state index contributed by atoms with van der Waals surface area (Å²) in [5, 5.41) is 1.00. The van der Waals surface area contributed by atoms with Gasteiger partial charge in [-0.15, -0.1) is 12.2 Å². The standard InChI is InChI=1S/C7H9OPS2/c1-8-9(10,11)7-5-3-2-4-6-7/h2-6H,1H3,(H,10,11). The highest BCUT2D eigenvalue weighted by Crippen LogP contribution is 2.49. The average Bonchev–Trinajstić information content (AvgIpc) is 2.06. The maximum absolute atomic E-state index is 5.16. The molecule has 1 aromatic carbocycles. The van der Waals surface area contributed by atoms with Crippen LogP contribution in [-0.4, -0.2) is 7.11 Å². The molecule has 1 atom stereocenters. The second-order valence-corrected chi connectivity index (χ2v) is 8.01. The molecule has 0 aliphatic heterocycles. The van der Waals surface area contributed by atoms with E-state index >= 15 is 0 Å². The van der Waals surface area contributed by atoms with Gasteiger partial charge >= 0.3 is 0 Å². The molecule has 0 bridgehead atoms. The van der Waals surface area contributed by atoms with Crippen LogP contribution in [0.1, 0.15) is 0 Å². The molecule has 0 amide bonds. The summed E-state index contributed by atoms with van der Waals surface area (Å²) >= 11 is 9.44. The summed E-state index contributed by atoms with van der Waals surface area (Å²) in [6, 6.07) is 9.70. The highest BCUT2D eigenvalue weighted by Gasteiger charge is 2.11. The van der Waals surface area contributed by atoms with E-state index in [9.17, 15) is 0 Å². The highest BCUT2D eigenvalue weighted by molar-refractivity contribution is 8.64. The number of hydrogen-bond donors (Lipinski definition) is 1. The van der Waals surface area contributed by atoms with Crippen molar-refractivity contribution < 1.29 is 4.52 Å². The number of rotatable bonds is 2. The summed E-state index contributed by atoms with van der Waals surface area (Å²) in [4.78, 5) is 0. The van der Waals surface area contributed by atoms with E-state index in [-0.39, 0.29) is 0 Å². The van der Waals surface area contributed by atoms with E-state index in [2.05, 4.69) is 12.2 Å². The number of hydrogen-bond acceptors (Lipinski definition) is 2. The zero-order valence-corrected chi connectivity index (χ0v) is 8.70. The number of thiol groups is 1. The van der Waals surface area contributed by atoms with E-state index in [1.54, 1.807) is 7.11 Å². The molecule has 0 radical (unpaired) electrons. The number of benzene rings is 1. The quantitative estimate of drug-likeness (QED) is 0.584. The Morgan fingerprint density at radius 3 is 2.36 bits per heavy atom. The van der Waals surface area contributed by atoms with Gasteiger partial charge in [0.15, 0.2) is 0 Å². The average molecular weight is 204 g/mol. The van der Waals surface area contributed by atoms with E-state index in [0.717, 1.165) is 5.30 Å². The Balaban J connectivity index is 3.03. The highest BCUT2D eigenvalue weighted by atomic mass is 32.9. The second kappa shape index (κ2) is 3.72. The van der Waals surface area contributed by atoms with Gasteiger partial charge in [0.2, 0.25) is 0 Å². The molecule has 0 N–H and O–H groups in total. The molecule has 0 spiro atoms. The van der Waals surface area contributed by atoms with Gasteiger partial charge in [-0.3, -0.25) is 0 Å². The summed E-state index contributed by atoms with van der Waals surface area (Å²) < 4.78 is 5.11. The van der Waals surface area contributed by atoms with E-state index in [4.69, 9.17) is 16.3 Å². The van der Waals surface area contributed by atoms with Crippen molar-refractivity contribution in [2.24, 2.45) is 0 Å². The van der Waals surface area contributed by atoms with Crippen molar-refractivity contribution in [3.63, 3.8) is 0 Å². The zero-order valence-electron chi connectivity index (χ0n) is 6.10. The van der Waals surface area contributed by atoms with Gasteiger partial charge in [-0.2, -0.15) is 0 Å². The van der Waals surface area contributed by atoms with Crippen molar-refractivity contribution in [3.8, 4) is 0 Å². The minimum Gasteiger partial charge on any atom is -0.342 e. The molecule has 0 aromatic heterocycles. The Morgan fingerprint density at radius 1 is 1.36 bits per heavy atom. The SMILES string of the molecule is COP(=S)(S)c1ccccc1. The molecule has 0 saturated heterocycles. The lowest BCUT2D eigenvalue weighted by Gasteiger charge is -2.12. The van der Waals surface area contributed by atoms with Crippen molar-refractivity contribution in [3.05, 3.63) is 30.3 Å². The summed E-state index contributed by atoms with van der Waals surface area (Å²) in [5.41, 5.74) is -2.00. The minimum atomic E-state index is -2.00. The maximum atomic E-state index is 5.16. The summed E-state index contributed by atoms with van der Waals surface area (Å²) in [6.45, 7) is 0. The zero-order chi connectivity index (χ0) is 8.32. The van der Waals surface area contributed by atoms with E-state index in [0.29, 0.717) is 0 Å². The first kappa shape index (κ1) is 9.27. The Morgan fingerprint density at radius 2 is 1.91 bits per heavy atom. The first-order valence-electron chi connectivity index (χ1n) is 3.11. The molecule has 1 aromatic rings. The third-order valence-corrected chi connectivity index (χ3v) is 5.04. The van der Waals surface area contributed by atoms with Crippen LogP contribution in [0, 0.1) is 0 Å². The smallest absolute Gasteiger partial charge is 0.145 e. The molecule has 1 unspecified atom stereocenters. The van der Waals surface area contributed by atoms with Crippen molar-refractivity contribution in [1.29, 1.82) is 0 Å². The van der Waals surface area contributed by atoms with Gasteiger partial charge < -0.3 is 4.52 Å². The predicted molar refractivity (Wildman–Crippen MR) is 56.4 cm³/mol. The molecule has 0 saturated carbocycles. The molecule has 0 aliphatic carbocycles. The van der Waals surface area contributed by atoms with Gasteiger partial charge in [0, 0.05) is 12.4 Å². The summed E-state index contributed by atoms with van der Waals surface area (Å²) in [5.74, 6) is 0. The fraction of sp³-hybridized carbons (Fsp3) is 0.143. The van der Waals surface area contributed by atoms with Gasteiger partial charge in [0.05, 0.1) is 0 Å². The van der Waals surface area contributed by atoms with Crippen LogP contribution in [0.5, 0.6) is 0 Å². The van der Waals surface area contributed by atoms with Gasteiger partial charge in [-0.05, 0) is 0 Å². The van der Waals surface area contributed by atoms with E-state index in [1.165, 1.54) is 0 Å². The topological polar surface area (TPSA) is 9.23 Å². The first-order chi connectivity index (χ1) is 5.17. The molecule has 4 heteroatoms. The summed E-state index contributed by atoms with van der Waals surface area (Å²) in [7, 11) is 1.60. The second-order valence-electron chi connectivity index (χ2n) is 2.04. The predicted octanol–water partition coefficient (Wildman–Crippen LogP) is 2.20. The minimum absolute atomic E-state index is 1.00. The van der Waals surface area contributed by atoms with Gasteiger partial charge in [-0.1, -0.05) is 42.1 Å². The normalized spacial score (nSPS) is 15.8. The van der Waals surface area contributed by atoms with E-state index < -0.39 is 5.47 Å². The molecule has 11 heavy (non-hydrogen) atoms. The van der Waals surface area contributed by atoms with Gasteiger partial charge in [-0.25, -0.2) is 0 Å². The lowest BCUT2D eigenvalue weighted by Crippen LogP contribution is -1.99. The molecular formula is C7H9OPS2. The molecule has 0 aliphatic rings. The monoisotopic (exact) mass is 204 g/mol. The van der Waals surface area contributed by atoms with Crippen LogP contribution < -0.4 is 5.30 Å². The molecular weight excluding hydrogens is 195 g/mol.